The summed E-state index contributed by atoms with van der Waals surface area (Å²) in [5.74, 6) is -1.13. The van der Waals surface area contributed by atoms with Gasteiger partial charge in [0.1, 0.15) is 48.3 Å². The lowest BCUT2D eigenvalue weighted by molar-refractivity contribution is -0.339. The summed E-state index contributed by atoms with van der Waals surface area (Å²) in [6.07, 6.45) is 12.1. The van der Waals surface area contributed by atoms with Gasteiger partial charge < -0.3 is 82.0 Å². The zero-order chi connectivity index (χ0) is 50.8. The molecule has 13 heterocycles. The summed E-state index contributed by atoms with van der Waals surface area (Å²) in [6.45, 7) is 11.2. The summed E-state index contributed by atoms with van der Waals surface area (Å²) in [7, 11) is 0. The molecule has 0 radical (unpaired) electrons. The van der Waals surface area contributed by atoms with Gasteiger partial charge >= 0.3 is 0 Å². The Morgan fingerprint density at radius 3 is 1.89 bits per heavy atom. The SMILES string of the molecule is CC1CC2OC3C(CC2OC2CC4OC5CC=CCC6OC7C=CC8OC9C(CC8OC7CC=CC6OC5CC(O)C4(C)OC2C1)OC1CC=CCOC1C9O)OC1C(C)C(C)C2(CC(O)CO2)OC1C(O)C3C. The highest BCUT2D eigenvalue weighted by Crippen LogP contribution is 2.52. The summed E-state index contributed by atoms with van der Waals surface area (Å²) < 4.78 is 88.7. The van der Waals surface area contributed by atoms with Gasteiger partial charge in [0, 0.05) is 43.9 Å². The van der Waals surface area contributed by atoms with E-state index in [4.69, 9.17) is 61.6 Å². The molecule has 13 aliphatic rings. The Kier molecular flexibility index (Phi) is 14.3. The van der Waals surface area contributed by atoms with Crippen LogP contribution in [-0.2, 0) is 61.6 Å². The van der Waals surface area contributed by atoms with Crippen molar-refractivity contribution in [2.75, 3.05) is 13.2 Å². The molecule has 13 rings (SSSR count). The largest absolute Gasteiger partial charge is 0.391 e. The normalized spacial score (nSPS) is 58.0. The monoisotopic (exact) mass is 1040 g/mol. The highest BCUT2D eigenvalue weighted by atomic mass is 16.7. The van der Waals surface area contributed by atoms with E-state index >= 15 is 0 Å². The van der Waals surface area contributed by atoms with Crippen molar-refractivity contribution in [1.82, 2.24) is 0 Å². The number of fused-ring (bicyclic) bond motifs is 11. The van der Waals surface area contributed by atoms with Crippen molar-refractivity contribution in [1.29, 1.82) is 0 Å². The predicted octanol–water partition coefficient (Wildman–Crippen LogP) is 4.08. The van der Waals surface area contributed by atoms with Crippen molar-refractivity contribution in [3.63, 3.8) is 0 Å². The minimum Gasteiger partial charge on any atom is -0.391 e. The first kappa shape index (κ1) is 51.7. The lowest BCUT2D eigenvalue weighted by Gasteiger charge is -2.53. The van der Waals surface area contributed by atoms with Gasteiger partial charge in [-0.1, -0.05) is 76.3 Å². The number of rotatable bonds is 0. The molecule has 17 nitrogen and oxygen atoms in total. The summed E-state index contributed by atoms with van der Waals surface area (Å²) in [4.78, 5) is 0. The van der Waals surface area contributed by atoms with Crippen molar-refractivity contribution >= 4 is 0 Å². The third-order valence-electron chi connectivity index (χ3n) is 20.1. The summed E-state index contributed by atoms with van der Waals surface area (Å²) in [5.41, 5.74) is -1.02. The van der Waals surface area contributed by atoms with Gasteiger partial charge in [0.05, 0.1) is 123 Å². The standard InChI is InChI=1S/C57H82O17/c1-27-19-39-41(22-45-51(71-39)29(3)49(60)55-52(72-45)28(2)30(4)57(74-55)25-31(58)26-63-57)68-43-24-48-56(5,73-44(43)20-27)47(59)23-42-35(69-48)12-7-6-11-32-33(66-42)14-10-15-34-36(64-32)16-17-37-40(65-34)21-46-54(70-37)50(61)53-38(67-46)13-8-9-18-62-53/h6-10,14,16-17,27-55,58-61H,11-13,15,18-26H2,1-5H3. The number of hydrogen-bond donors (Lipinski definition) is 4. The quantitative estimate of drug-likeness (QED) is 0.253. The van der Waals surface area contributed by atoms with Gasteiger partial charge in [0.15, 0.2) is 5.79 Å². The van der Waals surface area contributed by atoms with E-state index in [1.165, 1.54) is 0 Å². The topological polar surface area (TPSA) is 201 Å². The predicted molar refractivity (Wildman–Crippen MR) is 263 cm³/mol. The Hall–Kier alpha value is -1.72. The second kappa shape index (κ2) is 20.4. The molecule has 4 N–H and O–H groups in total. The maximum absolute atomic E-state index is 12.4. The molecular weight excluding hydrogens is 957 g/mol. The molecule has 1 spiro atoms. The van der Waals surface area contributed by atoms with E-state index in [1.807, 2.05) is 26.0 Å². The molecule has 9 fully saturated rings. The van der Waals surface area contributed by atoms with Gasteiger partial charge in [-0.15, -0.1) is 0 Å². The molecule has 0 bridgehead atoms. The number of hydrogen-bond acceptors (Lipinski definition) is 17. The van der Waals surface area contributed by atoms with Crippen LogP contribution in [0.15, 0.2) is 48.6 Å². The molecule has 0 aromatic heterocycles. The van der Waals surface area contributed by atoms with E-state index in [9.17, 15) is 20.4 Å². The van der Waals surface area contributed by atoms with E-state index < -0.39 is 78.5 Å². The lowest BCUT2D eigenvalue weighted by Crippen LogP contribution is -2.63. The zero-order valence-electron chi connectivity index (χ0n) is 43.7. The second-order valence-electron chi connectivity index (χ2n) is 24.8. The van der Waals surface area contributed by atoms with Crippen molar-refractivity contribution in [2.45, 2.75) is 269 Å². The van der Waals surface area contributed by atoms with Crippen LogP contribution in [0.25, 0.3) is 0 Å². The van der Waals surface area contributed by atoms with Gasteiger partial charge in [-0.2, -0.15) is 0 Å². The van der Waals surface area contributed by atoms with Gasteiger partial charge in [0.2, 0.25) is 0 Å². The van der Waals surface area contributed by atoms with Crippen LogP contribution in [0, 0.1) is 23.7 Å². The Labute approximate surface area is 435 Å². The van der Waals surface area contributed by atoms with Gasteiger partial charge in [-0.3, -0.25) is 0 Å². The fourth-order valence-electron chi connectivity index (χ4n) is 15.6. The van der Waals surface area contributed by atoms with Crippen molar-refractivity contribution in [3.05, 3.63) is 48.6 Å². The van der Waals surface area contributed by atoms with Crippen LogP contribution in [0.3, 0.4) is 0 Å². The summed E-state index contributed by atoms with van der Waals surface area (Å²) in [5, 5.41) is 46.4. The van der Waals surface area contributed by atoms with Gasteiger partial charge in [-0.05, 0) is 57.3 Å². The molecule has 13 aliphatic heterocycles. The van der Waals surface area contributed by atoms with Crippen LogP contribution < -0.4 is 0 Å². The van der Waals surface area contributed by atoms with Gasteiger partial charge in [-0.25, -0.2) is 0 Å². The molecule has 0 amide bonds. The first-order chi connectivity index (χ1) is 35.7. The molecule has 31 atom stereocenters. The molecule has 74 heavy (non-hydrogen) atoms. The fraction of sp³-hybridized carbons (Fsp3) is 0.860. The molecule has 412 valence electrons. The van der Waals surface area contributed by atoms with Crippen LogP contribution in [0.4, 0.5) is 0 Å². The molecule has 0 aromatic carbocycles. The van der Waals surface area contributed by atoms with E-state index in [-0.39, 0.29) is 116 Å². The molecule has 0 aliphatic carbocycles. The van der Waals surface area contributed by atoms with Crippen LogP contribution in [0.1, 0.15) is 105 Å². The van der Waals surface area contributed by atoms with E-state index in [0.717, 1.165) is 12.8 Å². The molecule has 31 unspecified atom stereocenters. The van der Waals surface area contributed by atoms with Crippen LogP contribution in [0.5, 0.6) is 0 Å². The van der Waals surface area contributed by atoms with Crippen molar-refractivity contribution in [2.24, 2.45) is 23.7 Å². The second-order valence-corrected chi connectivity index (χ2v) is 24.8. The summed E-state index contributed by atoms with van der Waals surface area (Å²) >= 11 is 0. The highest BCUT2D eigenvalue weighted by molar-refractivity contribution is 5.15. The number of ether oxygens (including phenoxy) is 13. The first-order valence-corrected chi connectivity index (χ1v) is 28.6. The fourth-order valence-corrected chi connectivity index (χ4v) is 15.6. The molecule has 0 saturated carbocycles. The minimum atomic E-state index is -1.02. The number of aliphatic hydroxyl groups excluding tert-OH is 4. The maximum atomic E-state index is 12.4. The third kappa shape index (κ3) is 9.22. The van der Waals surface area contributed by atoms with Crippen LogP contribution in [0.2, 0.25) is 0 Å². The maximum Gasteiger partial charge on any atom is 0.174 e. The average Bonchev–Trinajstić information content (AvgIpc) is 3.44. The summed E-state index contributed by atoms with van der Waals surface area (Å²) in [6, 6.07) is 0. The zero-order valence-corrected chi connectivity index (χ0v) is 43.7. The smallest absolute Gasteiger partial charge is 0.174 e. The Balaban J connectivity index is 0.693. The van der Waals surface area contributed by atoms with Crippen LogP contribution >= 0.6 is 0 Å². The van der Waals surface area contributed by atoms with Crippen molar-refractivity contribution in [3.8, 4) is 0 Å². The lowest BCUT2D eigenvalue weighted by atomic mass is 9.75. The van der Waals surface area contributed by atoms with Crippen molar-refractivity contribution < 1.29 is 82.0 Å². The Morgan fingerprint density at radius 1 is 0.446 bits per heavy atom. The molecule has 17 heteroatoms. The molecule has 9 saturated heterocycles. The van der Waals surface area contributed by atoms with Crippen LogP contribution in [-0.4, -0.2) is 198 Å². The van der Waals surface area contributed by atoms with E-state index in [0.29, 0.717) is 64.4 Å². The average molecular weight is 1040 g/mol. The van der Waals surface area contributed by atoms with E-state index in [2.05, 4.69) is 57.2 Å². The highest BCUT2D eigenvalue weighted by Gasteiger charge is 2.63. The minimum absolute atomic E-state index is 0.0202. The molecule has 0 aromatic rings. The van der Waals surface area contributed by atoms with Gasteiger partial charge in [0.25, 0.3) is 0 Å². The third-order valence-corrected chi connectivity index (χ3v) is 20.1. The first-order valence-electron chi connectivity index (χ1n) is 28.6. The Morgan fingerprint density at radius 2 is 1.07 bits per heavy atom. The van der Waals surface area contributed by atoms with E-state index in [1.54, 1.807) is 0 Å². The molecular formula is C57H82O17. The Bertz CT molecular complexity index is 2120. The number of aliphatic hydroxyl groups is 4.